The SMILES string of the molecule is CC(C)(C)c1cc(/C=N\NC(=O)c2cc(-c3cccs3)[nH]n2)cc(C(C)(C)C)c1O. The number of H-pyrrole nitrogens is 1. The average molecular weight is 425 g/mol. The van der Waals surface area contributed by atoms with Crippen LogP contribution in [0.2, 0.25) is 0 Å². The Labute approximate surface area is 181 Å². The summed E-state index contributed by atoms with van der Waals surface area (Å²) in [6.45, 7) is 12.3. The van der Waals surface area contributed by atoms with E-state index in [9.17, 15) is 9.90 Å². The van der Waals surface area contributed by atoms with E-state index in [1.54, 1.807) is 23.6 Å². The number of carbonyl (C=O) groups excluding carboxylic acids is 1. The third-order valence-electron chi connectivity index (χ3n) is 4.73. The maximum absolute atomic E-state index is 12.4. The largest absolute Gasteiger partial charge is 0.507 e. The van der Waals surface area contributed by atoms with Gasteiger partial charge in [-0.1, -0.05) is 47.6 Å². The van der Waals surface area contributed by atoms with E-state index < -0.39 is 5.91 Å². The van der Waals surface area contributed by atoms with Gasteiger partial charge in [-0.2, -0.15) is 10.2 Å². The van der Waals surface area contributed by atoms with Gasteiger partial charge >= 0.3 is 0 Å². The molecule has 6 nitrogen and oxygen atoms in total. The van der Waals surface area contributed by atoms with Crippen LogP contribution in [0.25, 0.3) is 10.6 Å². The number of aromatic amines is 1. The zero-order valence-corrected chi connectivity index (χ0v) is 19.0. The third-order valence-corrected chi connectivity index (χ3v) is 5.63. The number of amides is 1. The molecule has 30 heavy (non-hydrogen) atoms. The van der Waals surface area contributed by atoms with Crippen molar-refractivity contribution in [3.05, 3.63) is 58.1 Å². The molecular weight excluding hydrogens is 396 g/mol. The Bertz CT molecular complexity index is 1030. The highest BCUT2D eigenvalue weighted by molar-refractivity contribution is 7.13. The molecule has 1 amide bonds. The first-order valence-electron chi connectivity index (χ1n) is 9.77. The van der Waals surface area contributed by atoms with Crippen molar-refractivity contribution < 1.29 is 9.90 Å². The van der Waals surface area contributed by atoms with Gasteiger partial charge in [0.1, 0.15) is 5.75 Å². The molecule has 0 radical (unpaired) electrons. The molecule has 0 aliphatic heterocycles. The molecule has 158 valence electrons. The van der Waals surface area contributed by atoms with E-state index in [2.05, 4.69) is 62.3 Å². The zero-order chi connectivity index (χ0) is 22.1. The van der Waals surface area contributed by atoms with E-state index >= 15 is 0 Å². The van der Waals surface area contributed by atoms with Crippen LogP contribution >= 0.6 is 11.3 Å². The highest BCUT2D eigenvalue weighted by Gasteiger charge is 2.26. The molecular formula is C23H28N4O2S. The Morgan fingerprint density at radius 2 is 1.77 bits per heavy atom. The van der Waals surface area contributed by atoms with Crippen molar-refractivity contribution in [2.75, 3.05) is 0 Å². The van der Waals surface area contributed by atoms with Crippen LogP contribution in [0.4, 0.5) is 0 Å². The summed E-state index contributed by atoms with van der Waals surface area (Å²) in [4.78, 5) is 13.4. The van der Waals surface area contributed by atoms with Gasteiger partial charge in [-0.05, 0) is 46.0 Å². The Hall–Kier alpha value is -2.93. The lowest BCUT2D eigenvalue weighted by Crippen LogP contribution is -2.19. The molecule has 0 fully saturated rings. The van der Waals surface area contributed by atoms with Crippen molar-refractivity contribution in [3.8, 4) is 16.3 Å². The summed E-state index contributed by atoms with van der Waals surface area (Å²) in [5.41, 5.74) is 5.62. The molecule has 7 heteroatoms. The van der Waals surface area contributed by atoms with E-state index in [1.807, 2.05) is 29.6 Å². The molecule has 3 rings (SSSR count). The standard InChI is InChI=1S/C23H28N4O2S/c1-22(2,3)15-10-14(11-16(20(15)28)23(4,5)6)13-24-27-21(29)18-12-17(25-26-18)19-8-7-9-30-19/h7-13,28H,1-6H3,(H,25,26)(H,27,29)/b24-13-. The molecule has 2 aromatic heterocycles. The molecule has 0 bridgehead atoms. The summed E-state index contributed by atoms with van der Waals surface area (Å²) in [6.07, 6.45) is 1.59. The van der Waals surface area contributed by atoms with E-state index in [0.717, 1.165) is 27.3 Å². The summed E-state index contributed by atoms with van der Waals surface area (Å²) in [6, 6.07) is 9.42. The van der Waals surface area contributed by atoms with Crippen LogP contribution in [0.15, 0.2) is 40.8 Å². The van der Waals surface area contributed by atoms with Crippen molar-refractivity contribution in [2.24, 2.45) is 5.10 Å². The number of nitrogens with one attached hydrogen (secondary N) is 2. The van der Waals surface area contributed by atoms with E-state index in [0.29, 0.717) is 5.75 Å². The highest BCUT2D eigenvalue weighted by Crippen LogP contribution is 2.39. The summed E-state index contributed by atoms with van der Waals surface area (Å²) in [5, 5.41) is 23.8. The second kappa shape index (κ2) is 8.07. The minimum Gasteiger partial charge on any atom is -0.507 e. The first kappa shape index (κ1) is 21.8. The number of hydrogen-bond acceptors (Lipinski definition) is 5. The maximum atomic E-state index is 12.4. The number of phenols is 1. The van der Waals surface area contributed by atoms with Crippen LogP contribution < -0.4 is 5.43 Å². The fourth-order valence-corrected chi connectivity index (χ4v) is 3.79. The van der Waals surface area contributed by atoms with Gasteiger partial charge in [-0.25, -0.2) is 5.43 Å². The molecule has 3 N–H and O–H groups in total. The normalized spacial score (nSPS) is 12.5. The smallest absolute Gasteiger partial charge is 0.291 e. The van der Waals surface area contributed by atoms with Crippen LogP contribution in [0, 0.1) is 0 Å². The number of hydrogen-bond donors (Lipinski definition) is 3. The molecule has 2 heterocycles. The zero-order valence-electron chi connectivity index (χ0n) is 18.2. The summed E-state index contributed by atoms with van der Waals surface area (Å²) >= 11 is 1.57. The summed E-state index contributed by atoms with van der Waals surface area (Å²) in [7, 11) is 0. The van der Waals surface area contributed by atoms with E-state index in [4.69, 9.17) is 0 Å². The van der Waals surface area contributed by atoms with E-state index in [1.165, 1.54) is 0 Å². The quantitative estimate of drug-likeness (QED) is 0.397. The Balaban J connectivity index is 1.81. The minimum atomic E-state index is -0.392. The Morgan fingerprint density at radius 3 is 2.30 bits per heavy atom. The number of hydrazone groups is 1. The third kappa shape index (κ3) is 4.79. The Morgan fingerprint density at radius 1 is 1.13 bits per heavy atom. The lowest BCUT2D eigenvalue weighted by atomic mass is 9.78. The topological polar surface area (TPSA) is 90.4 Å². The number of thiophene rings is 1. The van der Waals surface area contributed by atoms with E-state index in [-0.39, 0.29) is 16.5 Å². The molecule has 0 saturated heterocycles. The van der Waals surface area contributed by atoms with Gasteiger partial charge < -0.3 is 5.11 Å². The van der Waals surface area contributed by atoms with Crippen LogP contribution in [0.3, 0.4) is 0 Å². The lowest BCUT2D eigenvalue weighted by molar-refractivity contribution is 0.0950. The van der Waals surface area contributed by atoms with Crippen LogP contribution in [0.5, 0.6) is 5.75 Å². The van der Waals surface area contributed by atoms with Gasteiger partial charge in [0.15, 0.2) is 5.69 Å². The molecule has 0 aliphatic carbocycles. The van der Waals surface area contributed by atoms with Gasteiger partial charge in [0.2, 0.25) is 0 Å². The summed E-state index contributed by atoms with van der Waals surface area (Å²) in [5.74, 6) is -0.0787. The predicted octanol–water partition coefficient (Wildman–Crippen LogP) is 5.20. The number of benzene rings is 1. The highest BCUT2D eigenvalue weighted by atomic mass is 32.1. The van der Waals surface area contributed by atoms with Gasteiger partial charge in [0.05, 0.1) is 16.8 Å². The fraction of sp³-hybridized carbons (Fsp3) is 0.348. The molecule has 0 aliphatic rings. The number of carbonyl (C=O) groups is 1. The lowest BCUT2D eigenvalue weighted by Gasteiger charge is -2.27. The maximum Gasteiger partial charge on any atom is 0.291 e. The van der Waals surface area contributed by atoms with Crippen LogP contribution in [-0.2, 0) is 10.8 Å². The van der Waals surface area contributed by atoms with Crippen LogP contribution in [-0.4, -0.2) is 27.4 Å². The molecule has 1 aromatic carbocycles. The average Bonchev–Trinajstić information content (AvgIpc) is 3.32. The van der Waals surface area contributed by atoms with Crippen molar-refractivity contribution in [1.82, 2.24) is 15.6 Å². The molecule has 3 aromatic rings. The van der Waals surface area contributed by atoms with Crippen molar-refractivity contribution in [1.29, 1.82) is 0 Å². The minimum absolute atomic E-state index is 0.232. The molecule has 0 saturated carbocycles. The van der Waals surface area contributed by atoms with Gasteiger partial charge in [0.25, 0.3) is 5.91 Å². The molecule has 0 atom stereocenters. The predicted molar refractivity (Wildman–Crippen MR) is 122 cm³/mol. The van der Waals surface area contributed by atoms with Crippen molar-refractivity contribution >= 4 is 23.5 Å². The van der Waals surface area contributed by atoms with Crippen molar-refractivity contribution in [2.45, 2.75) is 52.4 Å². The number of aromatic hydroxyl groups is 1. The van der Waals surface area contributed by atoms with Gasteiger partial charge in [-0.15, -0.1) is 11.3 Å². The second-order valence-corrected chi connectivity index (χ2v) is 10.3. The monoisotopic (exact) mass is 424 g/mol. The van der Waals surface area contributed by atoms with Crippen molar-refractivity contribution in [3.63, 3.8) is 0 Å². The van der Waals surface area contributed by atoms with Gasteiger partial charge in [-0.3, -0.25) is 9.89 Å². The van der Waals surface area contributed by atoms with Crippen LogP contribution in [0.1, 0.15) is 68.7 Å². The fourth-order valence-electron chi connectivity index (χ4n) is 3.09. The molecule has 0 spiro atoms. The molecule has 0 unspecified atom stereocenters. The first-order valence-corrected chi connectivity index (χ1v) is 10.7. The number of phenolic OH excluding ortho intramolecular Hbond substituents is 1. The number of rotatable bonds is 4. The number of nitrogens with zero attached hydrogens (tertiary/aromatic N) is 2. The first-order chi connectivity index (χ1) is 14.0. The Kier molecular flexibility index (Phi) is 5.85. The second-order valence-electron chi connectivity index (χ2n) is 9.31. The van der Waals surface area contributed by atoms with Gasteiger partial charge in [0, 0.05) is 11.1 Å². The summed E-state index contributed by atoms with van der Waals surface area (Å²) < 4.78 is 0. The number of aromatic nitrogens is 2.